The van der Waals surface area contributed by atoms with Crippen molar-refractivity contribution in [3.8, 4) is 44.5 Å². The molecule has 0 nitrogen and oxygen atoms in total. The van der Waals surface area contributed by atoms with E-state index in [1.54, 1.807) is 0 Å². The van der Waals surface area contributed by atoms with Gasteiger partial charge in [0.05, 0.1) is 0 Å². The minimum atomic E-state index is 0.0613. The zero-order valence-electron chi connectivity index (χ0n) is 23.0. The maximum absolute atomic E-state index is 3.90. The summed E-state index contributed by atoms with van der Waals surface area (Å²) < 4.78 is 1.09. The first kappa shape index (κ1) is 25.1. The standard InChI is InChI=1S/C40H26BBr/c42-33-24-31(27-13-4-1-5-14-27)23-32(26-33)41-39-35(28-15-6-2-7-16-28)21-12-22-36(39)37-25-30-19-10-11-20-34(30)38(40(37)41)29-17-8-3-9-18-29/h1-26H. The number of benzene rings is 7. The number of hydrogen-bond acceptors (Lipinski definition) is 0. The molecule has 196 valence electrons. The van der Waals surface area contributed by atoms with Crippen molar-refractivity contribution in [3.05, 3.63) is 162 Å². The summed E-state index contributed by atoms with van der Waals surface area (Å²) in [5.41, 5.74) is 14.2. The molecule has 0 spiro atoms. The molecule has 0 saturated heterocycles. The zero-order chi connectivity index (χ0) is 28.0. The summed E-state index contributed by atoms with van der Waals surface area (Å²) in [6, 6.07) is 57.6. The van der Waals surface area contributed by atoms with Crippen molar-refractivity contribution in [2.24, 2.45) is 0 Å². The molecule has 0 atom stereocenters. The maximum atomic E-state index is 3.90. The Morgan fingerprint density at radius 3 is 1.76 bits per heavy atom. The van der Waals surface area contributed by atoms with Crippen LogP contribution in [-0.4, -0.2) is 6.71 Å². The summed E-state index contributed by atoms with van der Waals surface area (Å²) in [5.74, 6) is 0. The van der Waals surface area contributed by atoms with Gasteiger partial charge in [-0.15, -0.1) is 0 Å². The van der Waals surface area contributed by atoms with E-state index in [0.29, 0.717) is 0 Å². The Morgan fingerprint density at radius 2 is 1.02 bits per heavy atom. The molecular formula is C40H26BBr. The largest absolute Gasteiger partial charge is 0.244 e. The van der Waals surface area contributed by atoms with Crippen LogP contribution in [0.15, 0.2) is 162 Å². The van der Waals surface area contributed by atoms with Crippen LogP contribution in [0.5, 0.6) is 0 Å². The molecule has 8 rings (SSSR count). The molecule has 1 aliphatic heterocycles. The van der Waals surface area contributed by atoms with Gasteiger partial charge in [0.25, 0.3) is 0 Å². The average Bonchev–Trinajstić information content (AvgIpc) is 3.38. The molecule has 0 bridgehead atoms. The predicted molar refractivity (Wildman–Crippen MR) is 184 cm³/mol. The maximum Gasteiger partial charge on any atom is 0.244 e. The molecule has 1 aliphatic rings. The quantitative estimate of drug-likeness (QED) is 0.178. The first-order chi connectivity index (χ1) is 20.8. The van der Waals surface area contributed by atoms with Crippen molar-refractivity contribution < 1.29 is 0 Å². The molecule has 0 aromatic heterocycles. The minimum absolute atomic E-state index is 0.0613. The zero-order valence-corrected chi connectivity index (χ0v) is 24.6. The highest BCUT2D eigenvalue weighted by Gasteiger charge is 2.38. The fourth-order valence-corrected chi connectivity index (χ4v) is 7.35. The van der Waals surface area contributed by atoms with Crippen LogP contribution < -0.4 is 16.4 Å². The number of halogens is 1. The molecular weight excluding hydrogens is 571 g/mol. The predicted octanol–water partition coefficient (Wildman–Crippen LogP) is 9.10. The summed E-state index contributed by atoms with van der Waals surface area (Å²) >= 11 is 3.90. The molecule has 0 unspecified atom stereocenters. The van der Waals surface area contributed by atoms with Crippen molar-refractivity contribution >= 4 is 49.8 Å². The summed E-state index contributed by atoms with van der Waals surface area (Å²) in [5, 5.41) is 2.56. The van der Waals surface area contributed by atoms with Gasteiger partial charge < -0.3 is 0 Å². The second-order valence-corrected chi connectivity index (χ2v) is 11.9. The van der Waals surface area contributed by atoms with Crippen LogP contribution in [0.3, 0.4) is 0 Å². The molecule has 0 aliphatic carbocycles. The van der Waals surface area contributed by atoms with E-state index < -0.39 is 0 Å². The van der Waals surface area contributed by atoms with Crippen LogP contribution >= 0.6 is 15.9 Å². The molecule has 0 N–H and O–H groups in total. The normalized spacial score (nSPS) is 11.9. The van der Waals surface area contributed by atoms with Crippen molar-refractivity contribution in [2.75, 3.05) is 0 Å². The Kier molecular flexibility index (Phi) is 6.16. The van der Waals surface area contributed by atoms with Crippen LogP contribution in [0.25, 0.3) is 55.3 Å². The van der Waals surface area contributed by atoms with Gasteiger partial charge in [0, 0.05) is 4.47 Å². The second kappa shape index (κ2) is 10.3. The molecule has 0 amide bonds. The van der Waals surface area contributed by atoms with Crippen molar-refractivity contribution in [1.82, 2.24) is 0 Å². The van der Waals surface area contributed by atoms with E-state index in [4.69, 9.17) is 0 Å². The Bertz CT molecular complexity index is 2080. The van der Waals surface area contributed by atoms with Crippen LogP contribution in [0.4, 0.5) is 0 Å². The van der Waals surface area contributed by atoms with E-state index in [1.807, 2.05) is 0 Å². The van der Waals surface area contributed by atoms with E-state index >= 15 is 0 Å². The first-order valence-electron chi connectivity index (χ1n) is 14.4. The van der Waals surface area contributed by atoms with Crippen molar-refractivity contribution in [2.45, 2.75) is 0 Å². The Hall–Kier alpha value is -4.66. The van der Waals surface area contributed by atoms with Gasteiger partial charge in [0.1, 0.15) is 0 Å². The topological polar surface area (TPSA) is 0 Å². The average molecular weight is 597 g/mol. The summed E-state index contributed by atoms with van der Waals surface area (Å²) in [6.07, 6.45) is 0. The van der Waals surface area contributed by atoms with Gasteiger partial charge in [-0.3, -0.25) is 0 Å². The monoisotopic (exact) mass is 596 g/mol. The van der Waals surface area contributed by atoms with Gasteiger partial charge in [0.2, 0.25) is 6.71 Å². The first-order valence-corrected chi connectivity index (χ1v) is 15.2. The van der Waals surface area contributed by atoms with Crippen LogP contribution in [0, 0.1) is 0 Å². The van der Waals surface area contributed by atoms with Crippen LogP contribution in [-0.2, 0) is 0 Å². The fraction of sp³-hybridized carbons (Fsp3) is 0. The highest BCUT2D eigenvalue weighted by Crippen LogP contribution is 2.38. The van der Waals surface area contributed by atoms with Crippen LogP contribution in [0.2, 0.25) is 0 Å². The van der Waals surface area contributed by atoms with E-state index in [2.05, 4.69) is 174 Å². The summed E-state index contributed by atoms with van der Waals surface area (Å²) in [6.45, 7) is 0.0613. The van der Waals surface area contributed by atoms with Crippen molar-refractivity contribution in [3.63, 3.8) is 0 Å². The summed E-state index contributed by atoms with van der Waals surface area (Å²) in [4.78, 5) is 0. The summed E-state index contributed by atoms with van der Waals surface area (Å²) in [7, 11) is 0. The molecule has 1 heterocycles. The number of fused-ring (bicyclic) bond motifs is 4. The smallest absolute Gasteiger partial charge is 0.0668 e. The second-order valence-electron chi connectivity index (χ2n) is 11.0. The fourth-order valence-electron chi connectivity index (χ4n) is 6.84. The lowest BCUT2D eigenvalue weighted by Gasteiger charge is -2.20. The van der Waals surface area contributed by atoms with E-state index in [-0.39, 0.29) is 6.71 Å². The molecule has 2 heteroatoms. The van der Waals surface area contributed by atoms with E-state index in [0.717, 1.165) is 4.47 Å². The molecule has 0 radical (unpaired) electrons. The van der Waals surface area contributed by atoms with E-state index in [9.17, 15) is 0 Å². The van der Waals surface area contributed by atoms with Gasteiger partial charge in [-0.1, -0.05) is 178 Å². The lowest BCUT2D eigenvalue weighted by atomic mass is 9.37. The lowest BCUT2D eigenvalue weighted by molar-refractivity contribution is 1.61. The third kappa shape index (κ3) is 4.14. The van der Waals surface area contributed by atoms with Gasteiger partial charge >= 0.3 is 0 Å². The molecule has 7 aromatic carbocycles. The van der Waals surface area contributed by atoms with Gasteiger partial charge in [-0.2, -0.15) is 0 Å². The Labute approximate surface area is 255 Å². The molecule has 42 heavy (non-hydrogen) atoms. The lowest BCUT2D eigenvalue weighted by Crippen LogP contribution is -2.50. The molecule has 0 fully saturated rings. The van der Waals surface area contributed by atoms with Gasteiger partial charge in [-0.05, 0) is 67.4 Å². The number of hydrogen-bond donors (Lipinski definition) is 0. The van der Waals surface area contributed by atoms with Gasteiger partial charge in [0.15, 0.2) is 0 Å². The van der Waals surface area contributed by atoms with Gasteiger partial charge in [-0.25, -0.2) is 0 Å². The minimum Gasteiger partial charge on any atom is -0.0668 e. The third-order valence-corrected chi connectivity index (χ3v) is 9.03. The SMILES string of the molecule is Brc1cc(B2c3c(-c4ccccc4)cccc3-c3cc4ccccc4c(-c4ccccc4)c32)cc(-c2ccccc2)c1. The van der Waals surface area contributed by atoms with Crippen LogP contribution in [0.1, 0.15) is 0 Å². The Balaban J connectivity index is 1.50. The molecule has 7 aromatic rings. The third-order valence-electron chi connectivity index (χ3n) is 8.57. The number of rotatable bonds is 4. The Morgan fingerprint density at radius 1 is 0.405 bits per heavy atom. The van der Waals surface area contributed by atoms with E-state index in [1.165, 1.54) is 71.7 Å². The molecule has 0 saturated carbocycles. The highest BCUT2D eigenvalue weighted by atomic mass is 79.9. The van der Waals surface area contributed by atoms with Crippen molar-refractivity contribution in [1.29, 1.82) is 0 Å². The highest BCUT2D eigenvalue weighted by molar-refractivity contribution is 9.10.